The lowest BCUT2D eigenvalue weighted by Gasteiger charge is -2.14. The second kappa shape index (κ2) is 6.88. The van der Waals surface area contributed by atoms with Gasteiger partial charge in [0.05, 0.1) is 0 Å². The van der Waals surface area contributed by atoms with Gasteiger partial charge in [-0.25, -0.2) is 0 Å². The molecule has 0 aliphatic carbocycles. The molecule has 0 saturated carbocycles. The Bertz CT molecular complexity index is 584. The number of hydrogen-bond donors (Lipinski definition) is 2. The smallest absolute Gasteiger partial charge is 0.248 e. The van der Waals surface area contributed by atoms with E-state index in [1.54, 1.807) is 23.5 Å². The minimum atomic E-state index is -0.461. The van der Waals surface area contributed by atoms with Crippen LogP contribution >= 0.6 is 22.9 Å². The molecule has 0 fully saturated rings. The van der Waals surface area contributed by atoms with Gasteiger partial charge in [-0.3, -0.25) is 4.79 Å². The lowest BCUT2D eigenvalue weighted by atomic mass is 10.1. The van der Waals surface area contributed by atoms with Crippen molar-refractivity contribution in [3.05, 3.63) is 56.7 Å². The fraction of sp³-hybridized carbons (Fsp3) is 0.267. The van der Waals surface area contributed by atoms with Crippen molar-refractivity contribution in [3.8, 4) is 0 Å². The van der Waals surface area contributed by atoms with E-state index in [9.17, 15) is 4.79 Å². The molecular weight excluding hydrogens is 292 g/mol. The van der Waals surface area contributed by atoms with Crippen LogP contribution in [-0.4, -0.2) is 11.9 Å². The van der Waals surface area contributed by atoms with Crippen molar-refractivity contribution in [2.45, 2.75) is 25.9 Å². The van der Waals surface area contributed by atoms with E-state index in [-0.39, 0.29) is 0 Å². The quantitative estimate of drug-likeness (QED) is 0.861. The summed E-state index contributed by atoms with van der Waals surface area (Å²) in [6.07, 6.45) is 0.987. The Morgan fingerprint density at radius 3 is 2.85 bits per heavy atom. The number of benzene rings is 1. The van der Waals surface area contributed by atoms with E-state index >= 15 is 0 Å². The van der Waals surface area contributed by atoms with Gasteiger partial charge in [-0.1, -0.05) is 17.7 Å². The molecule has 0 bridgehead atoms. The zero-order valence-electron chi connectivity index (χ0n) is 11.2. The highest BCUT2D eigenvalue weighted by atomic mass is 35.5. The minimum Gasteiger partial charge on any atom is -0.366 e. The molecule has 0 saturated heterocycles. The number of rotatable bonds is 6. The van der Waals surface area contributed by atoms with Crippen LogP contribution in [0.25, 0.3) is 0 Å². The van der Waals surface area contributed by atoms with Crippen LogP contribution in [-0.2, 0) is 13.0 Å². The number of halogens is 1. The second-order valence-electron chi connectivity index (χ2n) is 4.79. The van der Waals surface area contributed by atoms with E-state index in [1.165, 1.54) is 5.56 Å². The Balaban J connectivity index is 1.92. The Kier molecular flexibility index (Phi) is 5.17. The number of carbonyl (C=O) groups excluding carboxylic acids is 1. The predicted octanol–water partition coefficient (Wildman–Crippen LogP) is 3.22. The molecule has 0 aliphatic rings. The predicted molar refractivity (Wildman–Crippen MR) is 84.3 cm³/mol. The van der Waals surface area contributed by atoms with Gasteiger partial charge in [0.15, 0.2) is 0 Å². The maximum Gasteiger partial charge on any atom is 0.248 e. The molecule has 20 heavy (non-hydrogen) atoms. The molecule has 2 rings (SSSR count). The minimum absolute atomic E-state index is 0.358. The number of nitrogens with one attached hydrogen (secondary N) is 1. The second-order valence-corrected chi connectivity index (χ2v) is 5.98. The Morgan fingerprint density at radius 2 is 2.25 bits per heavy atom. The third kappa shape index (κ3) is 4.07. The van der Waals surface area contributed by atoms with Gasteiger partial charge < -0.3 is 11.1 Å². The van der Waals surface area contributed by atoms with E-state index in [0.717, 1.165) is 12.0 Å². The number of hydrogen-bond acceptors (Lipinski definition) is 3. The van der Waals surface area contributed by atoms with E-state index in [2.05, 4.69) is 29.1 Å². The van der Waals surface area contributed by atoms with E-state index in [1.807, 2.05) is 6.07 Å². The summed E-state index contributed by atoms with van der Waals surface area (Å²) >= 11 is 7.86. The monoisotopic (exact) mass is 308 g/mol. The van der Waals surface area contributed by atoms with Crippen LogP contribution in [0.1, 0.15) is 28.4 Å². The number of carbonyl (C=O) groups is 1. The zero-order valence-corrected chi connectivity index (χ0v) is 12.8. The standard InChI is InChI=1S/C15H17ClN2OS/c1-10(6-11-4-5-20-9-11)18-8-13-3-2-12(15(17)19)7-14(13)16/h2-5,7,9-10,18H,6,8H2,1H3,(H2,17,19). The maximum atomic E-state index is 11.1. The van der Waals surface area contributed by atoms with E-state index < -0.39 is 5.91 Å². The molecule has 1 amide bonds. The first kappa shape index (κ1) is 15.0. The maximum absolute atomic E-state index is 11.1. The first-order chi connectivity index (χ1) is 9.56. The van der Waals surface area contributed by atoms with Gasteiger partial charge in [0.1, 0.15) is 0 Å². The molecule has 1 unspecified atom stereocenters. The molecule has 0 aliphatic heterocycles. The van der Waals surface area contributed by atoms with Crippen LogP contribution in [0.3, 0.4) is 0 Å². The largest absolute Gasteiger partial charge is 0.366 e. The fourth-order valence-corrected chi connectivity index (χ4v) is 2.89. The van der Waals surface area contributed by atoms with Gasteiger partial charge in [-0.05, 0) is 53.4 Å². The number of amides is 1. The highest BCUT2D eigenvalue weighted by molar-refractivity contribution is 7.07. The Labute approximate surface area is 127 Å². The zero-order chi connectivity index (χ0) is 14.5. The summed E-state index contributed by atoms with van der Waals surface area (Å²) in [7, 11) is 0. The normalized spacial score (nSPS) is 12.3. The van der Waals surface area contributed by atoms with E-state index in [4.69, 9.17) is 17.3 Å². The third-order valence-corrected chi connectivity index (χ3v) is 4.18. The van der Waals surface area contributed by atoms with Gasteiger partial charge in [-0.15, -0.1) is 0 Å². The highest BCUT2D eigenvalue weighted by Gasteiger charge is 2.08. The molecule has 0 spiro atoms. The third-order valence-electron chi connectivity index (χ3n) is 3.10. The van der Waals surface area contributed by atoms with Gasteiger partial charge in [0.2, 0.25) is 5.91 Å². The number of primary amides is 1. The van der Waals surface area contributed by atoms with Crippen LogP contribution in [0.5, 0.6) is 0 Å². The molecule has 5 heteroatoms. The first-order valence-corrected chi connectivity index (χ1v) is 7.71. The van der Waals surface area contributed by atoms with Gasteiger partial charge in [-0.2, -0.15) is 11.3 Å². The first-order valence-electron chi connectivity index (χ1n) is 6.39. The van der Waals surface area contributed by atoms with Gasteiger partial charge in [0, 0.05) is 23.2 Å². The molecule has 1 atom stereocenters. The van der Waals surface area contributed by atoms with Crippen LogP contribution in [0.4, 0.5) is 0 Å². The molecule has 2 aromatic rings. The SMILES string of the molecule is CC(Cc1ccsc1)NCc1ccc(C(N)=O)cc1Cl. The van der Waals surface area contributed by atoms with Gasteiger partial charge in [0.25, 0.3) is 0 Å². The molecule has 106 valence electrons. The van der Waals surface area contributed by atoms with Crippen LogP contribution in [0, 0.1) is 0 Å². The summed E-state index contributed by atoms with van der Waals surface area (Å²) in [6, 6.07) is 7.65. The topological polar surface area (TPSA) is 55.1 Å². The lowest BCUT2D eigenvalue weighted by Crippen LogP contribution is -2.27. The highest BCUT2D eigenvalue weighted by Crippen LogP contribution is 2.18. The van der Waals surface area contributed by atoms with Crippen LogP contribution in [0.15, 0.2) is 35.0 Å². The average Bonchev–Trinajstić information content (AvgIpc) is 2.90. The molecule has 3 nitrogen and oxygen atoms in total. The molecular formula is C15H17ClN2OS. The van der Waals surface area contributed by atoms with Crippen LogP contribution < -0.4 is 11.1 Å². The van der Waals surface area contributed by atoms with Crippen molar-refractivity contribution < 1.29 is 4.79 Å². The van der Waals surface area contributed by atoms with Gasteiger partial charge >= 0.3 is 0 Å². The summed E-state index contributed by atoms with van der Waals surface area (Å²) in [5.74, 6) is -0.461. The van der Waals surface area contributed by atoms with Crippen molar-refractivity contribution in [1.29, 1.82) is 0 Å². The molecule has 0 radical (unpaired) electrons. The summed E-state index contributed by atoms with van der Waals surface area (Å²) in [6.45, 7) is 2.81. The number of nitrogens with two attached hydrogens (primary N) is 1. The van der Waals surface area contributed by atoms with Crippen molar-refractivity contribution in [2.75, 3.05) is 0 Å². The summed E-state index contributed by atoms with van der Waals surface area (Å²) in [5.41, 5.74) is 7.96. The summed E-state index contributed by atoms with van der Waals surface area (Å²) in [4.78, 5) is 11.1. The van der Waals surface area contributed by atoms with Crippen molar-refractivity contribution in [2.24, 2.45) is 5.73 Å². The van der Waals surface area contributed by atoms with E-state index in [0.29, 0.717) is 23.2 Å². The van der Waals surface area contributed by atoms with Crippen molar-refractivity contribution in [3.63, 3.8) is 0 Å². The fourth-order valence-electron chi connectivity index (χ4n) is 1.96. The lowest BCUT2D eigenvalue weighted by molar-refractivity contribution is 0.100. The molecule has 1 heterocycles. The Morgan fingerprint density at radius 1 is 1.45 bits per heavy atom. The van der Waals surface area contributed by atoms with Crippen molar-refractivity contribution >= 4 is 28.8 Å². The summed E-state index contributed by atoms with van der Waals surface area (Å²) < 4.78 is 0. The average molecular weight is 309 g/mol. The summed E-state index contributed by atoms with van der Waals surface area (Å²) in [5, 5.41) is 8.24. The number of thiophene rings is 1. The Hall–Kier alpha value is -1.36. The van der Waals surface area contributed by atoms with Crippen LogP contribution in [0.2, 0.25) is 5.02 Å². The molecule has 1 aromatic carbocycles. The molecule has 3 N–H and O–H groups in total. The molecule has 1 aromatic heterocycles. The van der Waals surface area contributed by atoms with Crippen molar-refractivity contribution in [1.82, 2.24) is 5.32 Å².